The molecule has 2 rings (SSSR count). The molecule has 0 saturated carbocycles. The van der Waals surface area contributed by atoms with Gasteiger partial charge in [-0.15, -0.1) is 0 Å². The molecule has 0 aliphatic rings. The van der Waals surface area contributed by atoms with Crippen molar-refractivity contribution in [3.05, 3.63) is 48.0 Å². The van der Waals surface area contributed by atoms with Gasteiger partial charge in [-0.3, -0.25) is 0 Å². The van der Waals surface area contributed by atoms with Gasteiger partial charge in [-0.05, 0) is 23.1 Å². The number of aliphatic carboxylic acids is 1. The number of carboxylic acid groups (broad SMARTS) is 1. The number of fused-ring (bicyclic) bond motifs is 1. The van der Waals surface area contributed by atoms with E-state index in [1.165, 1.54) is 0 Å². The summed E-state index contributed by atoms with van der Waals surface area (Å²) in [6, 6.07) is 11.4. The van der Waals surface area contributed by atoms with Crippen LogP contribution in [-0.4, -0.2) is 18.2 Å². The molecule has 0 bridgehead atoms. The van der Waals surface area contributed by atoms with Crippen LogP contribution < -0.4 is 4.74 Å². The van der Waals surface area contributed by atoms with E-state index in [1.54, 1.807) is 13.2 Å². The number of hydrogen-bond donors (Lipinski definition) is 1. The first-order chi connectivity index (χ1) is 8.22. The maximum absolute atomic E-state index is 10.5. The second-order valence-corrected chi connectivity index (χ2v) is 3.57. The molecule has 3 nitrogen and oxygen atoms in total. The van der Waals surface area contributed by atoms with E-state index in [0.29, 0.717) is 0 Å². The third-order valence-electron chi connectivity index (χ3n) is 2.54. The predicted molar refractivity (Wildman–Crippen MR) is 67.2 cm³/mol. The summed E-state index contributed by atoms with van der Waals surface area (Å²) in [7, 11) is 1.62. The largest absolute Gasteiger partial charge is 0.496 e. The van der Waals surface area contributed by atoms with E-state index >= 15 is 0 Å². The summed E-state index contributed by atoms with van der Waals surface area (Å²) in [5.41, 5.74) is 0.865. The van der Waals surface area contributed by atoms with Crippen LogP contribution in [0.25, 0.3) is 16.8 Å². The van der Waals surface area contributed by atoms with Crippen LogP contribution in [0.4, 0.5) is 0 Å². The Balaban J connectivity index is 2.62. The SMILES string of the molecule is COc1ccc(C=CC(=O)O)c2ccccc12. The predicted octanol–water partition coefficient (Wildman–Crippen LogP) is 2.95. The Bertz CT molecular complexity index is 585. The van der Waals surface area contributed by atoms with Gasteiger partial charge in [-0.25, -0.2) is 4.79 Å². The van der Waals surface area contributed by atoms with Gasteiger partial charge in [0.25, 0.3) is 0 Å². The average Bonchev–Trinajstić information content (AvgIpc) is 2.35. The van der Waals surface area contributed by atoms with Crippen molar-refractivity contribution in [2.75, 3.05) is 7.11 Å². The first kappa shape index (κ1) is 11.2. The van der Waals surface area contributed by atoms with Gasteiger partial charge in [0, 0.05) is 11.5 Å². The zero-order chi connectivity index (χ0) is 12.3. The fourth-order valence-electron chi connectivity index (χ4n) is 1.78. The van der Waals surface area contributed by atoms with Crippen LogP contribution >= 0.6 is 0 Å². The minimum atomic E-state index is -0.954. The van der Waals surface area contributed by atoms with Gasteiger partial charge in [0.05, 0.1) is 7.11 Å². The Hall–Kier alpha value is -2.29. The molecule has 86 valence electrons. The lowest BCUT2D eigenvalue weighted by Gasteiger charge is -2.07. The van der Waals surface area contributed by atoms with Gasteiger partial charge in [0.1, 0.15) is 5.75 Å². The fraction of sp³-hybridized carbons (Fsp3) is 0.0714. The summed E-state index contributed by atoms with van der Waals surface area (Å²) < 4.78 is 5.27. The highest BCUT2D eigenvalue weighted by molar-refractivity contribution is 5.97. The molecule has 0 fully saturated rings. The molecule has 0 amide bonds. The summed E-state index contributed by atoms with van der Waals surface area (Å²) in [6.07, 6.45) is 2.72. The molecular formula is C14H12O3. The van der Waals surface area contributed by atoms with E-state index in [0.717, 1.165) is 28.2 Å². The third kappa shape index (κ3) is 2.28. The minimum absolute atomic E-state index is 0.785. The number of methoxy groups -OCH3 is 1. The Morgan fingerprint density at radius 3 is 2.53 bits per heavy atom. The topological polar surface area (TPSA) is 46.5 Å². The summed E-state index contributed by atoms with van der Waals surface area (Å²) in [5.74, 6) is -0.169. The van der Waals surface area contributed by atoms with E-state index < -0.39 is 5.97 Å². The van der Waals surface area contributed by atoms with Crippen LogP contribution in [0.15, 0.2) is 42.5 Å². The molecule has 0 heterocycles. The number of carboxylic acids is 1. The Labute approximate surface area is 99.0 Å². The Morgan fingerprint density at radius 1 is 1.18 bits per heavy atom. The van der Waals surface area contributed by atoms with E-state index in [2.05, 4.69) is 0 Å². The second kappa shape index (κ2) is 4.70. The van der Waals surface area contributed by atoms with Crippen molar-refractivity contribution >= 4 is 22.8 Å². The quantitative estimate of drug-likeness (QED) is 0.821. The fourth-order valence-corrected chi connectivity index (χ4v) is 1.78. The van der Waals surface area contributed by atoms with Gasteiger partial charge < -0.3 is 9.84 Å². The number of carbonyl (C=O) groups is 1. The number of rotatable bonds is 3. The normalized spacial score (nSPS) is 10.9. The summed E-state index contributed by atoms with van der Waals surface area (Å²) in [4.78, 5) is 10.5. The van der Waals surface area contributed by atoms with Crippen LogP contribution in [0.2, 0.25) is 0 Å². The van der Waals surface area contributed by atoms with E-state index in [4.69, 9.17) is 9.84 Å². The molecule has 0 saturated heterocycles. The van der Waals surface area contributed by atoms with Crippen LogP contribution in [0.1, 0.15) is 5.56 Å². The zero-order valence-corrected chi connectivity index (χ0v) is 9.38. The molecule has 3 heteroatoms. The summed E-state index contributed by atoms with van der Waals surface area (Å²) in [5, 5.41) is 10.6. The van der Waals surface area contributed by atoms with Crippen molar-refractivity contribution in [1.82, 2.24) is 0 Å². The van der Waals surface area contributed by atoms with E-state index in [9.17, 15) is 4.79 Å². The molecular weight excluding hydrogens is 216 g/mol. The van der Waals surface area contributed by atoms with Crippen LogP contribution in [0, 0.1) is 0 Å². The van der Waals surface area contributed by atoms with Gasteiger partial charge in [0.15, 0.2) is 0 Å². The molecule has 0 aliphatic carbocycles. The molecule has 0 aromatic heterocycles. The van der Waals surface area contributed by atoms with Crippen molar-refractivity contribution in [3.63, 3.8) is 0 Å². The van der Waals surface area contributed by atoms with Crippen LogP contribution in [0.3, 0.4) is 0 Å². The van der Waals surface area contributed by atoms with Gasteiger partial charge in [-0.2, -0.15) is 0 Å². The number of hydrogen-bond acceptors (Lipinski definition) is 2. The highest BCUT2D eigenvalue weighted by atomic mass is 16.5. The summed E-state index contributed by atoms with van der Waals surface area (Å²) >= 11 is 0. The molecule has 0 aliphatic heterocycles. The Morgan fingerprint density at radius 2 is 1.88 bits per heavy atom. The van der Waals surface area contributed by atoms with Crippen molar-refractivity contribution in [2.24, 2.45) is 0 Å². The standard InChI is InChI=1S/C14H12O3/c1-17-13-8-6-10(7-9-14(15)16)11-4-2-3-5-12(11)13/h2-9H,1H3,(H,15,16). The van der Waals surface area contributed by atoms with Crippen molar-refractivity contribution in [3.8, 4) is 5.75 Å². The number of benzene rings is 2. The molecule has 0 unspecified atom stereocenters. The molecule has 0 atom stereocenters. The third-order valence-corrected chi connectivity index (χ3v) is 2.54. The molecule has 0 spiro atoms. The average molecular weight is 228 g/mol. The molecule has 17 heavy (non-hydrogen) atoms. The highest BCUT2D eigenvalue weighted by Crippen LogP contribution is 2.28. The summed E-state index contributed by atoms with van der Waals surface area (Å²) in [6.45, 7) is 0. The molecule has 0 radical (unpaired) electrons. The second-order valence-electron chi connectivity index (χ2n) is 3.57. The Kier molecular flexibility index (Phi) is 3.10. The van der Waals surface area contributed by atoms with E-state index in [-0.39, 0.29) is 0 Å². The highest BCUT2D eigenvalue weighted by Gasteiger charge is 2.03. The number of ether oxygens (including phenoxy) is 1. The lowest BCUT2D eigenvalue weighted by molar-refractivity contribution is -0.131. The molecule has 2 aromatic rings. The van der Waals surface area contributed by atoms with Crippen molar-refractivity contribution < 1.29 is 14.6 Å². The van der Waals surface area contributed by atoms with Crippen LogP contribution in [-0.2, 0) is 4.79 Å². The smallest absolute Gasteiger partial charge is 0.328 e. The lowest BCUT2D eigenvalue weighted by atomic mass is 10.0. The van der Waals surface area contributed by atoms with Gasteiger partial charge >= 0.3 is 5.97 Å². The maximum atomic E-state index is 10.5. The minimum Gasteiger partial charge on any atom is -0.496 e. The zero-order valence-electron chi connectivity index (χ0n) is 9.38. The van der Waals surface area contributed by atoms with E-state index in [1.807, 2.05) is 36.4 Å². The van der Waals surface area contributed by atoms with Crippen LogP contribution in [0.5, 0.6) is 5.75 Å². The van der Waals surface area contributed by atoms with Crippen molar-refractivity contribution in [2.45, 2.75) is 0 Å². The molecule has 1 N–H and O–H groups in total. The first-order valence-corrected chi connectivity index (χ1v) is 5.19. The first-order valence-electron chi connectivity index (χ1n) is 5.19. The van der Waals surface area contributed by atoms with Crippen molar-refractivity contribution in [1.29, 1.82) is 0 Å². The monoisotopic (exact) mass is 228 g/mol. The maximum Gasteiger partial charge on any atom is 0.328 e. The lowest BCUT2D eigenvalue weighted by Crippen LogP contribution is -1.88. The van der Waals surface area contributed by atoms with Gasteiger partial charge in [0.2, 0.25) is 0 Å². The molecule has 2 aromatic carbocycles. The van der Waals surface area contributed by atoms with Gasteiger partial charge in [-0.1, -0.05) is 30.3 Å².